The third kappa shape index (κ3) is 13.5. The van der Waals surface area contributed by atoms with E-state index < -0.39 is 10.8 Å². The Balaban J connectivity index is 0.000000157. The maximum Gasteiger partial charge on any atom is 0.0713 e. The Morgan fingerprint density at radius 3 is 0.728 bits per heavy atom. The number of benzene rings is 23. The van der Waals surface area contributed by atoms with Crippen molar-refractivity contribution in [2.45, 2.75) is 64.2 Å². The quantitative estimate of drug-likeness (QED) is 0.100. The lowest BCUT2D eigenvalue weighted by molar-refractivity contribution is 0.767. The lowest BCUT2D eigenvalue weighted by Gasteiger charge is -2.35. The molecule has 648 valence electrons. The molecule has 0 heterocycles. The van der Waals surface area contributed by atoms with Crippen LogP contribution in [0.3, 0.4) is 0 Å². The first kappa shape index (κ1) is 83.7. The average molecular weight is 1870 g/mol. The predicted octanol–water partition coefficient (Wildman–Crippen LogP) is 35.8. The fourth-order valence-corrected chi connectivity index (χ4v) is 25.0. The number of anilines is 6. The third-order valence-corrected chi connectivity index (χ3v) is 30.6. The molecule has 0 saturated heterocycles. The van der Waals surface area contributed by atoms with E-state index in [9.17, 15) is 0 Å². The van der Waals surface area contributed by atoms with E-state index in [1.165, 1.54) is 209 Å². The van der Waals surface area contributed by atoms with Crippen molar-refractivity contribution in [2.24, 2.45) is 0 Å². The number of nitrogens with zero attached hydrogens (tertiary/aromatic N) is 2. The Morgan fingerprint density at radius 1 is 0.191 bits per heavy atom. The van der Waals surface area contributed by atoms with Gasteiger partial charge >= 0.3 is 0 Å². The van der Waals surface area contributed by atoms with Gasteiger partial charge in [0.25, 0.3) is 0 Å². The van der Waals surface area contributed by atoms with E-state index in [1.807, 2.05) is 0 Å². The number of hydrogen-bond acceptors (Lipinski definition) is 2. The molecule has 0 radical (unpaired) electrons. The highest BCUT2D eigenvalue weighted by molar-refractivity contribution is 9.11. The summed E-state index contributed by atoms with van der Waals surface area (Å²) in [6, 6.07) is 172. The molecule has 0 aliphatic heterocycles. The first-order chi connectivity index (χ1) is 66.7. The highest BCUT2D eigenvalue weighted by atomic mass is 79.9. The molecular formula is C132H96Br2N2. The van der Waals surface area contributed by atoms with Crippen LogP contribution >= 0.6 is 31.9 Å². The van der Waals surface area contributed by atoms with Crippen LogP contribution in [0, 0.1) is 41.5 Å². The predicted molar refractivity (Wildman–Crippen MR) is 581 cm³/mol. The molecule has 0 N–H and O–H groups in total. The third-order valence-electron chi connectivity index (χ3n) is 29.3. The van der Waals surface area contributed by atoms with Gasteiger partial charge in [0.15, 0.2) is 0 Å². The van der Waals surface area contributed by atoms with E-state index in [1.54, 1.807) is 0 Å². The van der Waals surface area contributed by atoms with E-state index >= 15 is 0 Å². The van der Waals surface area contributed by atoms with E-state index in [4.69, 9.17) is 0 Å². The first-order valence-electron chi connectivity index (χ1n) is 47.3. The van der Waals surface area contributed by atoms with E-state index in [2.05, 4.69) is 544 Å². The van der Waals surface area contributed by atoms with Crippen LogP contribution in [0.5, 0.6) is 0 Å². The SMILES string of the molecule is Brc1ccc2ccc3c(Br)ccc4ccc1c2c43.Cc1cc(C)cc(Cc2ccc(C3(c4ccccc4)c4ccccc4-c4ccccc43)cc2)c1.Cc1cc(C)cc(N(c2ccc(C3(c4ccccc4)c4ccccc4-c4ccccc43)cc2)c2ccc3ccc4c(N(c5ccc(C6(c7ccccc7)c7ccccc7-c7ccccc76)cc5)c5cc(C)cc(C)c5)ccc5ccc2c3c54)c1. The molecule has 26 rings (SSSR count). The molecule has 0 spiro atoms. The van der Waals surface area contributed by atoms with Gasteiger partial charge in [-0.15, -0.1) is 0 Å². The maximum atomic E-state index is 3.65. The molecule has 136 heavy (non-hydrogen) atoms. The summed E-state index contributed by atoms with van der Waals surface area (Å²) >= 11 is 7.30. The molecule has 0 atom stereocenters. The summed E-state index contributed by atoms with van der Waals surface area (Å²) in [7, 11) is 0. The smallest absolute Gasteiger partial charge is 0.0713 e. The molecule has 0 fully saturated rings. The Hall–Kier alpha value is -15.3. The monoisotopic (exact) mass is 1870 g/mol. The van der Waals surface area contributed by atoms with E-state index in [0.717, 1.165) is 49.5 Å². The van der Waals surface area contributed by atoms with Gasteiger partial charge in [-0.05, 0) is 308 Å². The van der Waals surface area contributed by atoms with Crippen molar-refractivity contribution in [3.8, 4) is 33.4 Å². The van der Waals surface area contributed by atoms with Crippen LogP contribution in [0.15, 0.2) is 470 Å². The van der Waals surface area contributed by atoms with Gasteiger partial charge in [-0.3, -0.25) is 0 Å². The molecule has 23 aromatic carbocycles. The molecule has 3 aliphatic rings. The van der Waals surface area contributed by atoms with Crippen LogP contribution in [0.25, 0.3) is 98.0 Å². The van der Waals surface area contributed by atoms with Crippen molar-refractivity contribution in [3.05, 3.63) is 581 Å². The molecule has 0 bridgehead atoms. The molecule has 4 heteroatoms. The molecule has 0 unspecified atom stereocenters. The zero-order valence-electron chi connectivity index (χ0n) is 76.7. The summed E-state index contributed by atoms with van der Waals surface area (Å²) in [5.74, 6) is 0. The molecule has 2 nitrogen and oxygen atoms in total. The minimum atomic E-state index is -0.492. The van der Waals surface area contributed by atoms with Crippen molar-refractivity contribution in [2.75, 3.05) is 9.80 Å². The highest BCUT2D eigenvalue weighted by Crippen LogP contribution is 2.61. The van der Waals surface area contributed by atoms with Gasteiger partial charge in [0.2, 0.25) is 0 Å². The van der Waals surface area contributed by atoms with Crippen LogP contribution < -0.4 is 9.80 Å². The molecule has 0 aromatic heterocycles. The van der Waals surface area contributed by atoms with Crippen LogP contribution in [-0.2, 0) is 22.7 Å². The molecule has 0 amide bonds. The summed E-state index contributed by atoms with van der Waals surface area (Å²) in [5.41, 5.74) is 39.2. The lowest BCUT2D eigenvalue weighted by Crippen LogP contribution is -2.28. The Labute approximate surface area is 812 Å². The van der Waals surface area contributed by atoms with Crippen LogP contribution in [0.1, 0.15) is 111 Å². The summed E-state index contributed by atoms with van der Waals surface area (Å²) in [5, 5.41) is 15.2. The topological polar surface area (TPSA) is 6.48 Å². The summed E-state index contributed by atoms with van der Waals surface area (Å²) in [4.78, 5) is 4.99. The van der Waals surface area contributed by atoms with Crippen molar-refractivity contribution >= 4 is 131 Å². The van der Waals surface area contributed by atoms with Crippen LogP contribution in [-0.4, -0.2) is 0 Å². The van der Waals surface area contributed by atoms with Crippen molar-refractivity contribution in [1.29, 1.82) is 0 Å². The van der Waals surface area contributed by atoms with Gasteiger partial charge in [-0.25, -0.2) is 0 Å². The summed E-state index contributed by atoms with van der Waals surface area (Å²) in [6.45, 7) is 13.2. The van der Waals surface area contributed by atoms with Gasteiger partial charge in [0.05, 0.1) is 27.6 Å². The second-order valence-electron chi connectivity index (χ2n) is 37.6. The zero-order chi connectivity index (χ0) is 91.7. The minimum absolute atomic E-state index is 0.313. The Bertz CT molecular complexity index is 8010. The number of hydrogen-bond donors (Lipinski definition) is 0. The fraction of sp³-hybridized carbons (Fsp3) is 0.0758. The number of aryl methyl sites for hydroxylation is 6. The number of rotatable bonds is 14. The molecule has 3 aliphatic carbocycles. The van der Waals surface area contributed by atoms with Crippen molar-refractivity contribution < 1.29 is 0 Å². The van der Waals surface area contributed by atoms with E-state index in [0.29, 0.717) is 0 Å². The summed E-state index contributed by atoms with van der Waals surface area (Å²) in [6.07, 6.45) is 0.953. The normalized spacial score (nSPS) is 13.2. The fourth-order valence-electron chi connectivity index (χ4n) is 24.0. The van der Waals surface area contributed by atoms with Gasteiger partial charge in [-0.1, -0.05) is 431 Å². The van der Waals surface area contributed by atoms with Gasteiger partial charge in [-0.2, -0.15) is 0 Å². The van der Waals surface area contributed by atoms with Crippen molar-refractivity contribution in [1.82, 2.24) is 0 Å². The minimum Gasteiger partial charge on any atom is -0.310 e. The highest BCUT2D eigenvalue weighted by Gasteiger charge is 2.49. The zero-order valence-corrected chi connectivity index (χ0v) is 79.9. The molecule has 23 aromatic rings. The number of fused-ring (bicyclic) bond motifs is 9. The Morgan fingerprint density at radius 2 is 0.426 bits per heavy atom. The van der Waals surface area contributed by atoms with E-state index in [-0.39, 0.29) is 5.41 Å². The standard InChI is InChI=1S/C82H60N2.C34H28.C16H8Br2/c1-53-47-54(2)50-65(49-53)83(63-39-35-61(36-40-63)81(59-19-7-5-8-20-59)73-27-15-11-23-67(73)68-24-12-16-28-74(68)81)77-45-33-57-32-44-72-78(46-34-58-31-43-71(77)79(57)80(58)72)84(66-51-55(3)48-56(4)52-66)64-41-37-62(38-42-64)82(60-21-9-6-10-22-60)75-29-17-13-25-69(75)70-26-14-18-30-76(70)82;1-24-20-25(2)22-27(21-24)23-26-16-18-29(19-17-26)34(28-10-4-3-5-11-28)32-14-8-6-12-30(32)31-13-7-9-15-33(31)34;17-13-8-4-10-2-6-12-14(18)7-3-9-1-5-11(13)16(10)15(9)12/h5-52H,1-4H3;3-22H,23H2,1-2H3;1-8H. The Kier molecular flexibility index (Phi) is 20.8. The van der Waals surface area contributed by atoms with Crippen molar-refractivity contribution in [3.63, 3.8) is 0 Å². The maximum absolute atomic E-state index is 3.65. The average Bonchev–Trinajstić information content (AvgIpc) is 1.56. The second-order valence-corrected chi connectivity index (χ2v) is 39.3. The van der Waals surface area contributed by atoms with Gasteiger partial charge in [0, 0.05) is 42.5 Å². The largest absolute Gasteiger partial charge is 0.310 e. The van der Waals surface area contributed by atoms with Gasteiger partial charge in [0.1, 0.15) is 0 Å². The van der Waals surface area contributed by atoms with Crippen LogP contribution in [0.4, 0.5) is 34.1 Å². The molecule has 0 saturated carbocycles. The first-order valence-corrected chi connectivity index (χ1v) is 48.9. The lowest BCUT2D eigenvalue weighted by atomic mass is 9.67. The second kappa shape index (κ2) is 33.7. The molecular weight excluding hydrogens is 1770 g/mol. The van der Waals surface area contributed by atoms with Crippen LogP contribution in [0.2, 0.25) is 0 Å². The number of halogens is 2. The summed E-state index contributed by atoms with van der Waals surface area (Å²) < 4.78 is 2.31. The van der Waals surface area contributed by atoms with Gasteiger partial charge < -0.3 is 9.80 Å².